The van der Waals surface area contributed by atoms with Gasteiger partial charge < -0.3 is 5.32 Å². The minimum atomic E-state index is 0.245. The van der Waals surface area contributed by atoms with Gasteiger partial charge in [0.25, 0.3) is 0 Å². The molecule has 0 aliphatic heterocycles. The van der Waals surface area contributed by atoms with E-state index in [0.29, 0.717) is 0 Å². The third-order valence-electron chi connectivity index (χ3n) is 2.81. The van der Waals surface area contributed by atoms with Crippen molar-refractivity contribution in [1.82, 2.24) is 14.1 Å². The van der Waals surface area contributed by atoms with Crippen molar-refractivity contribution >= 4 is 11.7 Å². The van der Waals surface area contributed by atoms with Crippen molar-refractivity contribution < 1.29 is 0 Å². The maximum Gasteiger partial charge on any atom is 0.0915 e. The van der Waals surface area contributed by atoms with Crippen LogP contribution >= 0.6 is 11.7 Å². The van der Waals surface area contributed by atoms with E-state index in [2.05, 4.69) is 46.1 Å². The summed E-state index contributed by atoms with van der Waals surface area (Å²) in [5.74, 6) is 0. The molecule has 0 amide bonds. The molecule has 0 aliphatic carbocycles. The van der Waals surface area contributed by atoms with E-state index >= 15 is 0 Å². The summed E-state index contributed by atoms with van der Waals surface area (Å²) in [5, 5.41) is 3.30. The Bertz CT molecular complexity index is 459. The van der Waals surface area contributed by atoms with Crippen LogP contribution < -0.4 is 5.32 Å². The van der Waals surface area contributed by atoms with Crippen LogP contribution in [-0.2, 0) is 6.42 Å². The number of nitrogens with zero attached hydrogens (tertiary/aromatic N) is 2. The molecule has 0 saturated heterocycles. The number of likely N-dealkylation sites (N-methyl/N-ethyl adjacent to an activating group) is 1. The lowest BCUT2D eigenvalue weighted by Gasteiger charge is -2.14. The summed E-state index contributed by atoms with van der Waals surface area (Å²) in [5.41, 5.74) is 4.99. The Hall–Kier alpha value is -1.26. The van der Waals surface area contributed by atoms with Gasteiger partial charge in [0.2, 0.25) is 0 Å². The first-order valence-electron chi connectivity index (χ1n) is 5.71. The second kappa shape index (κ2) is 5.38. The fourth-order valence-electron chi connectivity index (χ4n) is 2.10. The van der Waals surface area contributed by atoms with Crippen molar-refractivity contribution in [3.05, 3.63) is 46.8 Å². The van der Waals surface area contributed by atoms with Crippen molar-refractivity contribution in [2.75, 3.05) is 7.05 Å². The molecule has 4 heteroatoms. The Labute approximate surface area is 106 Å². The number of hydrogen-bond donors (Lipinski definition) is 1. The number of rotatable bonds is 4. The topological polar surface area (TPSA) is 37.8 Å². The molecule has 1 aromatic carbocycles. The third-order valence-corrected chi connectivity index (χ3v) is 3.30. The Morgan fingerprint density at radius 2 is 1.94 bits per heavy atom. The average molecular weight is 247 g/mol. The van der Waals surface area contributed by atoms with Gasteiger partial charge in [-0.1, -0.05) is 29.3 Å². The lowest BCUT2D eigenvalue weighted by atomic mass is 10.00. The van der Waals surface area contributed by atoms with Gasteiger partial charge in [-0.15, -0.1) is 0 Å². The molecule has 0 fully saturated rings. The van der Waals surface area contributed by atoms with Crippen molar-refractivity contribution in [2.45, 2.75) is 26.3 Å². The SMILES string of the molecule is CNC(Cc1cc(C)cc(C)c1)c1cnsn1. The molecule has 0 aliphatic rings. The molecule has 0 bridgehead atoms. The van der Waals surface area contributed by atoms with Gasteiger partial charge in [0.15, 0.2) is 0 Å². The summed E-state index contributed by atoms with van der Waals surface area (Å²) in [7, 11) is 1.96. The van der Waals surface area contributed by atoms with Gasteiger partial charge in [-0.25, -0.2) is 0 Å². The Morgan fingerprint density at radius 1 is 1.24 bits per heavy atom. The summed E-state index contributed by atoms with van der Waals surface area (Å²) in [6, 6.07) is 6.91. The number of nitrogens with one attached hydrogen (secondary N) is 1. The van der Waals surface area contributed by atoms with E-state index < -0.39 is 0 Å². The lowest BCUT2D eigenvalue weighted by Crippen LogP contribution is -2.19. The van der Waals surface area contributed by atoms with Gasteiger partial charge in [-0.2, -0.15) is 8.75 Å². The highest BCUT2D eigenvalue weighted by Gasteiger charge is 2.13. The highest BCUT2D eigenvalue weighted by molar-refractivity contribution is 6.99. The van der Waals surface area contributed by atoms with E-state index in [4.69, 9.17) is 0 Å². The zero-order valence-electron chi connectivity index (χ0n) is 10.4. The van der Waals surface area contributed by atoms with Crippen LogP contribution in [-0.4, -0.2) is 15.8 Å². The zero-order valence-corrected chi connectivity index (χ0v) is 11.2. The van der Waals surface area contributed by atoms with Crippen molar-refractivity contribution in [3.63, 3.8) is 0 Å². The van der Waals surface area contributed by atoms with Gasteiger partial charge >= 0.3 is 0 Å². The molecule has 1 aromatic heterocycles. The van der Waals surface area contributed by atoms with Gasteiger partial charge in [0, 0.05) is 0 Å². The number of aryl methyl sites for hydroxylation is 2. The molecule has 0 radical (unpaired) electrons. The maximum atomic E-state index is 4.30. The second-order valence-corrected chi connectivity index (χ2v) is 4.93. The van der Waals surface area contributed by atoms with E-state index in [1.165, 1.54) is 28.4 Å². The third kappa shape index (κ3) is 3.11. The monoisotopic (exact) mass is 247 g/mol. The van der Waals surface area contributed by atoms with E-state index in [1.54, 1.807) is 0 Å². The molecule has 1 unspecified atom stereocenters. The Kier molecular flexibility index (Phi) is 3.86. The minimum absolute atomic E-state index is 0.245. The van der Waals surface area contributed by atoms with Crippen molar-refractivity contribution in [2.24, 2.45) is 0 Å². The normalized spacial score (nSPS) is 12.6. The average Bonchev–Trinajstić information content (AvgIpc) is 2.77. The first-order valence-corrected chi connectivity index (χ1v) is 6.44. The van der Waals surface area contributed by atoms with E-state index in [-0.39, 0.29) is 6.04 Å². The van der Waals surface area contributed by atoms with Crippen LogP contribution in [0.1, 0.15) is 28.4 Å². The minimum Gasteiger partial charge on any atom is -0.311 e. The van der Waals surface area contributed by atoms with Gasteiger partial charge in [-0.05, 0) is 32.9 Å². The molecule has 17 heavy (non-hydrogen) atoms. The van der Waals surface area contributed by atoms with E-state index in [0.717, 1.165) is 12.1 Å². The predicted octanol–water partition coefficient (Wildman–Crippen LogP) is 2.66. The largest absolute Gasteiger partial charge is 0.311 e. The van der Waals surface area contributed by atoms with Gasteiger partial charge in [0.1, 0.15) is 0 Å². The van der Waals surface area contributed by atoms with Gasteiger partial charge in [0.05, 0.1) is 29.7 Å². The fourth-order valence-corrected chi connectivity index (χ4v) is 2.57. The van der Waals surface area contributed by atoms with Crippen LogP contribution in [0, 0.1) is 13.8 Å². The quantitative estimate of drug-likeness (QED) is 0.902. The van der Waals surface area contributed by atoms with Crippen LogP contribution in [0.25, 0.3) is 0 Å². The highest BCUT2D eigenvalue weighted by Crippen LogP contribution is 2.18. The molecule has 2 rings (SSSR count). The van der Waals surface area contributed by atoms with Crippen LogP contribution in [0.2, 0.25) is 0 Å². The smallest absolute Gasteiger partial charge is 0.0915 e. The number of hydrogen-bond acceptors (Lipinski definition) is 4. The molecule has 90 valence electrons. The molecular weight excluding hydrogens is 230 g/mol. The summed E-state index contributed by atoms with van der Waals surface area (Å²) >= 11 is 1.26. The van der Waals surface area contributed by atoms with E-state index in [1.807, 2.05) is 13.2 Å². The summed E-state index contributed by atoms with van der Waals surface area (Å²) in [6.07, 6.45) is 2.79. The predicted molar refractivity (Wildman–Crippen MR) is 71.3 cm³/mol. The number of benzene rings is 1. The summed E-state index contributed by atoms with van der Waals surface area (Å²) in [4.78, 5) is 0. The van der Waals surface area contributed by atoms with E-state index in [9.17, 15) is 0 Å². The first-order chi connectivity index (χ1) is 8.19. The highest BCUT2D eigenvalue weighted by atomic mass is 32.1. The summed E-state index contributed by atoms with van der Waals surface area (Å²) in [6.45, 7) is 4.27. The van der Waals surface area contributed by atoms with Crippen LogP contribution in [0.15, 0.2) is 24.4 Å². The first kappa shape index (κ1) is 12.2. The zero-order chi connectivity index (χ0) is 12.3. The Balaban J connectivity index is 2.18. The van der Waals surface area contributed by atoms with Crippen LogP contribution in [0.3, 0.4) is 0 Å². The van der Waals surface area contributed by atoms with Crippen molar-refractivity contribution in [3.8, 4) is 0 Å². The fraction of sp³-hybridized carbons (Fsp3) is 0.385. The van der Waals surface area contributed by atoms with Crippen molar-refractivity contribution in [1.29, 1.82) is 0 Å². The summed E-state index contributed by atoms with van der Waals surface area (Å²) < 4.78 is 8.35. The molecule has 1 N–H and O–H groups in total. The van der Waals surface area contributed by atoms with Crippen LogP contribution in [0.5, 0.6) is 0 Å². The Morgan fingerprint density at radius 3 is 2.47 bits per heavy atom. The number of aromatic nitrogens is 2. The maximum absolute atomic E-state index is 4.30. The van der Waals surface area contributed by atoms with Crippen LogP contribution in [0.4, 0.5) is 0 Å². The molecule has 3 nitrogen and oxygen atoms in total. The van der Waals surface area contributed by atoms with Gasteiger partial charge in [-0.3, -0.25) is 0 Å². The second-order valence-electron chi connectivity index (χ2n) is 4.37. The molecule has 1 heterocycles. The standard InChI is InChI=1S/C13H17N3S/c1-9-4-10(2)6-11(5-9)7-12(14-3)13-8-15-17-16-13/h4-6,8,12,14H,7H2,1-3H3. The molecule has 0 saturated carbocycles. The molecular formula is C13H17N3S. The lowest BCUT2D eigenvalue weighted by molar-refractivity contribution is 0.580. The molecule has 1 atom stereocenters. The molecule has 0 spiro atoms. The molecule has 2 aromatic rings.